The second-order valence-corrected chi connectivity index (χ2v) is 9.28. The van der Waals surface area contributed by atoms with Crippen molar-refractivity contribution < 1.29 is 9.84 Å². The Kier molecular flexibility index (Phi) is 4.68. The van der Waals surface area contributed by atoms with Crippen LogP contribution >= 0.6 is 0 Å². The molecule has 2 nitrogen and oxygen atoms in total. The number of hydrogen-bond donors (Lipinski definition) is 1. The number of phenols is 1. The standard InChI is InChI=1S/C23H34O2/c1-7-8-11-22(3,4)16-13-19(24)21-17-12-15(2)9-10-18(17)23(5,6)25-20(21)14-16/h12-14,17-18,24H,7-11H2,1-6H3. The van der Waals surface area contributed by atoms with E-state index in [-0.39, 0.29) is 16.9 Å². The third-order valence-corrected chi connectivity index (χ3v) is 6.40. The molecule has 0 bridgehead atoms. The van der Waals surface area contributed by atoms with Gasteiger partial charge in [0.1, 0.15) is 17.1 Å². The van der Waals surface area contributed by atoms with Crippen molar-refractivity contribution in [2.75, 3.05) is 0 Å². The lowest BCUT2D eigenvalue weighted by Crippen LogP contribution is -2.45. The molecule has 0 amide bonds. The fraction of sp³-hybridized carbons (Fsp3) is 0.652. The first-order chi connectivity index (χ1) is 11.7. The summed E-state index contributed by atoms with van der Waals surface area (Å²) in [7, 11) is 0. The number of allylic oxidation sites excluding steroid dienone is 2. The molecule has 25 heavy (non-hydrogen) atoms. The highest BCUT2D eigenvalue weighted by molar-refractivity contribution is 5.55. The van der Waals surface area contributed by atoms with Crippen LogP contribution in [0.1, 0.15) is 90.7 Å². The Hall–Kier alpha value is -1.44. The van der Waals surface area contributed by atoms with Crippen molar-refractivity contribution in [3.05, 3.63) is 34.9 Å². The first kappa shape index (κ1) is 18.4. The number of ether oxygens (including phenoxy) is 1. The van der Waals surface area contributed by atoms with Crippen molar-refractivity contribution in [3.8, 4) is 11.5 Å². The van der Waals surface area contributed by atoms with Crippen LogP contribution in [-0.4, -0.2) is 10.7 Å². The minimum absolute atomic E-state index is 0.0468. The highest BCUT2D eigenvalue weighted by Crippen LogP contribution is 2.54. The van der Waals surface area contributed by atoms with E-state index < -0.39 is 0 Å². The minimum Gasteiger partial charge on any atom is -0.507 e. The predicted molar refractivity (Wildman–Crippen MR) is 105 cm³/mol. The van der Waals surface area contributed by atoms with Crippen LogP contribution in [0.3, 0.4) is 0 Å². The summed E-state index contributed by atoms with van der Waals surface area (Å²) in [5, 5.41) is 10.9. The van der Waals surface area contributed by atoms with Crippen LogP contribution in [0, 0.1) is 5.92 Å². The van der Waals surface area contributed by atoms with E-state index in [0.29, 0.717) is 11.7 Å². The van der Waals surface area contributed by atoms with Gasteiger partial charge in [-0.2, -0.15) is 0 Å². The predicted octanol–water partition coefficient (Wildman–Crippen LogP) is 6.47. The highest BCUT2D eigenvalue weighted by atomic mass is 16.5. The SMILES string of the molecule is CCCCC(C)(C)c1cc(O)c2c(c1)OC(C)(C)C1CCC(C)=CC21. The Balaban J connectivity index is 2.08. The zero-order valence-electron chi connectivity index (χ0n) is 16.8. The molecule has 1 aliphatic carbocycles. The summed E-state index contributed by atoms with van der Waals surface area (Å²) >= 11 is 0. The van der Waals surface area contributed by atoms with Gasteiger partial charge in [0, 0.05) is 17.4 Å². The molecule has 1 aromatic carbocycles. The molecular weight excluding hydrogens is 308 g/mol. The van der Waals surface area contributed by atoms with E-state index >= 15 is 0 Å². The zero-order chi connectivity index (χ0) is 18.4. The van der Waals surface area contributed by atoms with Gasteiger partial charge in [-0.1, -0.05) is 45.3 Å². The fourth-order valence-electron chi connectivity index (χ4n) is 4.68. The number of benzene rings is 1. The number of unbranched alkanes of at least 4 members (excludes halogenated alkanes) is 1. The molecule has 2 unspecified atom stereocenters. The monoisotopic (exact) mass is 342 g/mol. The molecule has 0 aromatic heterocycles. The van der Waals surface area contributed by atoms with Crippen molar-refractivity contribution in [1.82, 2.24) is 0 Å². The van der Waals surface area contributed by atoms with Crippen LogP contribution in [0.15, 0.2) is 23.8 Å². The summed E-state index contributed by atoms with van der Waals surface area (Å²) in [6.07, 6.45) is 8.13. The van der Waals surface area contributed by atoms with Gasteiger partial charge in [0.05, 0.1) is 0 Å². The highest BCUT2D eigenvalue weighted by Gasteiger charge is 2.45. The smallest absolute Gasteiger partial charge is 0.127 e. The van der Waals surface area contributed by atoms with Gasteiger partial charge in [-0.05, 0) is 63.1 Å². The molecule has 1 aliphatic heterocycles. The van der Waals surface area contributed by atoms with Gasteiger partial charge in [-0.25, -0.2) is 0 Å². The molecule has 2 atom stereocenters. The van der Waals surface area contributed by atoms with Gasteiger partial charge >= 0.3 is 0 Å². The largest absolute Gasteiger partial charge is 0.507 e. The van der Waals surface area contributed by atoms with E-state index in [9.17, 15) is 5.11 Å². The van der Waals surface area contributed by atoms with Crippen molar-refractivity contribution in [2.24, 2.45) is 5.92 Å². The van der Waals surface area contributed by atoms with Crippen LogP contribution in [0.5, 0.6) is 11.5 Å². The van der Waals surface area contributed by atoms with E-state index in [4.69, 9.17) is 4.74 Å². The Bertz CT molecular complexity index is 682. The molecule has 1 N–H and O–H groups in total. The van der Waals surface area contributed by atoms with E-state index in [1.54, 1.807) is 0 Å². The lowest BCUT2D eigenvalue weighted by molar-refractivity contribution is 0.0106. The summed E-state index contributed by atoms with van der Waals surface area (Å²) in [6.45, 7) is 13.4. The third kappa shape index (κ3) is 3.32. The van der Waals surface area contributed by atoms with Gasteiger partial charge in [0.25, 0.3) is 0 Å². The van der Waals surface area contributed by atoms with E-state index in [2.05, 4.69) is 53.7 Å². The molecular formula is C23H34O2. The molecule has 0 radical (unpaired) electrons. The molecule has 0 saturated heterocycles. The van der Waals surface area contributed by atoms with Crippen molar-refractivity contribution in [1.29, 1.82) is 0 Å². The van der Waals surface area contributed by atoms with Crippen LogP contribution in [0.4, 0.5) is 0 Å². The molecule has 2 aliphatic rings. The van der Waals surface area contributed by atoms with Gasteiger partial charge in [0.2, 0.25) is 0 Å². The van der Waals surface area contributed by atoms with Crippen LogP contribution in [-0.2, 0) is 5.41 Å². The number of hydrogen-bond acceptors (Lipinski definition) is 2. The number of phenolic OH excluding ortho intramolecular Hbond substituents is 1. The molecule has 1 aromatic rings. The van der Waals surface area contributed by atoms with E-state index in [0.717, 1.165) is 30.6 Å². The molecule has 2 heteroatoms. The summed E-state index contributed by atoms with van der Waals surface area (Å²) in [6, 6.07) is 4.19. The number of rotatable bonds is 4. The molecule has 1 heterocycles. The van der Waals surface area contributed by atoms with Gasteiger partial charge < -0.3 is 9.84 Å². The average Bonchev–Trinajstić information content (AvgIpc) is 2.51. The van der Waals surface area contributed by atoms with Crippen LogP contribution in [0.25, 0.3) is 0 Å². The fourth-order valence-corrected chi connectivity index (χ4v) is 4.68. The maximum atomic E-state index is 10.9. The maximum Gasteiger partial charge on any atom is 0.127 e. The second-order valence-electron chi connectivity index (χ2n) is 9.28. The van der Waals surface area contributed by atoms with Gasteiger partial charge in [-0.3, -0.25) is 0 Å². The quantitative estimate of drug-likeness (QED) is 0.635. The van der Waals surface area contributed by atoms with E-state index in [1.165, 1.54) is 24.0 Å². The van der Waals surface area contributed by atoms with Crippen molar-refractivity contribution in [2.45, 2.75) is 90.6 Å². The van der Waals surface area contributed by atoms with Crippen LogP contribution < -0.4 is 4.74 Å². The average molecular weight is 343 g/mol. The number of aromatic hydroxyl groups is 1. The molecule has 138 valence electrons. The van der Waals surface area contributed by atoms with Crippen molar-refractivity contribution >= 4 is 0 Å². The topological polar surface area (TPSA) is 29.5 Å². The summed E-state index contributed by atoms with van der Waals surface area (Å²) < 4.78 is 6.46. The first-order valence-corrected chi connectivity index (χ1v) is 9.89. The Morgan fingerprint density at radius 2 is 2.00 bits per heavy atom. The third-order valence-electron chi connectivity index (χ3n) is 6.40. The van der Waals surface area contributed by atoms with Crippen LogP contribution in [0.2, 0.25) is 0 Å². The lowest BCUT2D eigenvalue weighted by Gasteiger charge is -2.46. The lowest BCUT2D eigenvalue weighted by atomic mass is 9.67. The van der Waals surface area contributed by atoms with Gasteiger partial charge in [0.15, 0.2) is 0 Å². The zero-order valence-corrected chi connectivity index (χ0v) is 16.8. The maximum absolute atomic E-state index is 10.9. The minimum atomic E-state index is -0.201. The summed E-state index contributed by atoms with van der Waals surface area (Å²) in [5.74, 6) is 1.99. The summed E-state index contributed by atoms with van der Waals surface area (Å²) in [5.41, 5.74) is 3.46. The molecule has 0 saturated carbocycles. The Morgan fingerprint density at radius 3 is 2.68 bits per heavy atom. The Morgan fingerprint density at radius 1 is 1.28 bits per heavy atom. The number of fused-ring (bicyclic) bond motifs is 3. The van der Waals surface area contributed by atoms with E-state index in [1.807, 2.05) is 6.07 Å². The first-order valence-electron chi connectivity index (χ1n) is 9.89. The van der Waals surface area contributed by atoms with Gasteiger partial charge in [-0.15, -0.1) is 0 Å². The summed E-state index contributed by atoms with van der Waals surface area (Å²) in [4.78, 5) is 0. The Labute approximate surface area is 153 Å². The molecule has 0 fully saturated rings. The second kappa shape index (κ2) is 6.37. The molecule has 0 spiro atoms. The molecule has 3 rings (SSSR count). The van der Waals surface area contributed by atoms with Crippen molar-refractivity contribution in [3.63, 3.8) is 0 Å². The normalized spacial score (nSPS) is 24.8.